The van der Waals surface area contributed by atoms with Crippen LogP contribution in [0.25, 0.3) is 0 Å². The molecule has 100 heavy (non-hydrogen) atoms. The molecule has 17 nitrogen and oxygen atoms in total. The number of carbonyl (C=O) groups is 4. The van der Waals surface area contributed by atoms with E-state index in [1.807, 2.05) is 0 Å². The van der Waals surface area contributed by atoms with Gasteiger partial charge in [-0.1, -0.05) is 293 Å². The lowest BCUT2D eigenvalue weighted by molar-refractivity contribution is -0.161. The molecule has 0 aromatic heterocycles. The van der Waals surface area contributed by atoms with Crippen molar-refractivity contribution in [2.45, 2.75) is 367 Å². The minimum absolute atomic E-state index is 0.0832. The van der Waals surface area contributed by atoms with E-state index in [1.165, 1.54) is 89.9 Å². The van der Waals surface area contributed by atoms with Crippen molar-refractivity contribution < 1.29 is 80.2 Å². The Morgan fingerprint density at radius 3 is 0.850 bits per heavy atom. The number of esters is 4. The van der Waals surface area contributed by atoms with Crippen molar-refractivity contribution in [3.63, 3.8) is 0 Å². The first-order valence-electron chi connectivity index (χ1n) is 39.8. The number of hydrogen-bond donors (Lipinski definition) is 3. The zero-order valence-corrected chi connectivity index (χ0v) is 65.2. The fourth-order valence-electron chi connectivity index (χ4n) is 10.8. The lowest BCUT2D eigenvalue weighted by Crippen LogP contribution is -2.30. The van der Waals surface area contributed by atoms with Crippen LogP contribution in [0, 0.1) is 0 Å². The molecule has 19 heteroatoms. The first kappa shape index (κ1) is 96.2. The summed E-state index contributed by atoms with van der Waals surface area (Å²) in [4.78, 5) is 72.9. The SMILES string of the molecule is CC/C=C\C/C=C\C/C=C\C/C=C\CCCCCCCCC(=O)OCC(COP(=O)(O)OCC(O)COP(=O)(O)OCC(COC(=O)CCCCCCC/C=C\C/C=C\CCC)OC(=O)CCCCCCCCCCCCCCC)OC(=O)CCCCCCC/C=C\CCCCCCCC. The predicted octanol–water partition coefficient (Wildman–Crippen LogP) is 23.0. The Bertz CT molecular complexity index is 2230. The van der Waals surface area contributed by atoms with Crippen LogP contribution in [0.15, 0.2) is 85.1 Å². The second-order valence-corrected chi connectivity index (χ2v) is 29.5. The van der Waals surface area contributed by atoms with Gasteiger partial charge in [-0.25, -0.2) is 9.13 Å². The third-order valence-electron chi connectivity index (χ3n) is 16.8. The average Bonchev–Trinajstić information content (AvgIpc) is 0.946. The van der Waals surface area contributed by atoms with Gasteiger partial charge in [-0.3, -0.25) is 37.3 Å². The molecule has 0 heterocycles. The van der Waals surface area contributed by atoms with Gasteiger partial charge in [0.05, 0.1) is 26.4 Å². The normalized spacial score (nSPS) is 14.3. The highest BCUT2D eigenvalue weighted by atomic mass is 31.2. The third-order valence-corrected chi connectivity index (χ3v) is 18.7. The van der Waals surface area contributed by atoms with Gasteiger partial charge in [0.1, 0.15) is 19.3 Å². The van der Waals surface area contributed by atoms with Gasteiger partial charge in [-0.15, -0.1) is 0 Å². The Hall–Kier alpha value is -3.76. The molecule has 0 rings (SSSR count). The van der Waals surface area contributed by atoms with Crippen LogP contribution in [0.1, 0.15) is 349 Å². The maximum absolute atomic E-state index is 13.1. The number of hydrogen-bond acceptors (Lipinski definition) is 15. The van der Waals surface area contributed by atoms with Gasteiger partial charge in [0.2, 0.25) is 0 Å². The summed E-state index contributed by atoms with van der Waals surface area (Å²) in [7, 11) is -9.95. The molecule has 0 saturated heterocycles. The van der Waals surface area contributed by atoms with Gasteiger partial charge in [0.25, 0.3) is 0 Å². The number of rotatable bonds is 75. The van der Waals surface area contributed by atoms with E-state index in [0.29, 0.717) is 25.7 Å². The lowest BCUT2D eigenvalue weighted by atomic mass is 10.0. The lowest BCUT2D eigenvalue weighted by Gasteiger charge is -2.21. The standard InChI is InChI=1S/C81H144O17P2/c1-5-9-13-17-21-25-29-33-35-36-37-38-40-43-46-50-54-58-62-66-79(84)92-72-77(98-81(86)68-64-60-56-52-48-44-39-34-30-26-22-18-14-10-6-2)74-96-100(89,90)94-70-75(82)69-93-99(87,88)95-73-76(97-80(85)67-63-59-55-51-47-42-32-28-24-20-16-12-8-4)71-91-78(83)65-61-57-53-49-45-41-31-27-23-19-15-11-7-3/h9,13,15,19,21,25,27,31,33-35,37-39,75-77,82H,5-8,10-12,14,16-18,20,22-24,26,28-30,32,36,40-74H2,1-4H3,(H,87,88)(H,89,90)/b13-9-,19-15-,25-21-,31-27-,35-33-,38-37-,39-34-. The van der Waals surface area contributed by atoms with Crippen LogP contribution in [-0.4, -0.2) is 96.7 Å². The van der Waals surface area contributed by atoms with E-state index in [2.05, 4.69) is 113 Å². The highest BCUT2D eigenvalue weighted by molar-refractivity contribution is 7.47. The minimum Gasteiger partial charge on any atom is -0.462 e. The van der Waals surface area contributed by atoms with Crippen LogP contribution in [0.4, 0.5) is 0 Å². The zero-order valence-electron chi connectivity index (χ0n) is 63.4. The van der Waals surface area contributed by atoms with Crippen molar-refractivity contribution in [2.24, 2.45) is 0 Å². The summed E-state index contributed by atoms with van der Waals surface area (Å²) in [5.41, 5.74) is 0. The Labute approximate surface area is 608 Å². The van der Waals surface area contributed by atoms with Crippen LogP contribution in [0.5, 0.6) is 0 Å². The molecule has 5 atom stereocenters. The Morgan fingerprint density at radius 2 is 0.540 bits per heavy atom. The molecule has 0 aliphatic carbocycles. The largest absolute Gasteiger partial charge is 0.472 e. The van der Waals surface area contributed by atoms with Crippen LogP contribution < -0.4 is 0 Å². The molecule has 0 radical (unpaired) electrons. The zero-order chi connectivity index (χ0) is 73.2. The summed E-state index contributed by atoms with van der Waals surface area (Å²) >= 11 is 0. The van der Waals surface area contributed by atoms with Crippen molar-refractivity contribution in [3.8, 4) is 0 Å². The number of phosphoric ester groups is 2. The number of aliphatic hydroxyl groups excluding tert-OH is 1. The van der Waals surface area contributed by atoms with Crippen LogP contribution in [0.2, 0.25) is 0 Å². The fourth-order valence-corrected chi connectivity index (χ4v) is 12.4. The van der Waals surface area contributed by atoms with E-state index >= 15 is 0 Å². The maximum Gasteiger partial charge on any atom is 0.472 e. The van der Waals surface area contributed by atoms with E-state index in [1.54, 1.807) is 0 Å². The number of unbranched alkanes of at least 4 members (excludes halogenated alkanes) is 35. The molecule has 0 fully saturated rings. The second kappa shape index (κ2) is 73.5. The van der Waals surface area contributed by atoms with Crippen molar-refractivity contribution in [1.82, 2.24) is 0 Å². The van der Waals surface area contributed by atoms with E-state index < -0.39 is 97.5 Å². The molecule has 0 spiro atoms. The predicted molar refractivity (Wildman–Crippen MR) is 409 cm³/mol. The molecule has 0 aliphatic heterocycles. The van der Waals surface area contributed by atoms with Gasteiger partial charge < -0.3 is 33.8 Å². The maximum atomic E-state index is 13.1. The molecule has 0 saturated carbocycles. The van der Waals surface area contributed by atoms with Crippen molar-refractivity contribution >= 4 is 39.5 Å². The van der Waals surface area contributed by atoms with Gasteiger partial charge >= 0.3 is 39.5 Å². The number of aliphatic hydroxyl groups is 1. The van der Waals surface area contributed by atoms with Crippen molar-refractivity contribution in [2.75, 3.05) is 39.6 Å². The summed E-state index contributed by atoms with van der Waals surface area (Å²) in [6.07, 6.45) is 75.6. The number of ether oxygens (including phenoxy) is 4. The Morgan fingerprint density at radius 1 is 0.290 bits per heavy atom. The van der Waals surface area contributed by atoms with Gasteiger partial charge in [-0.05, 0) is 116 Å². The molecule has 0 bridgehead atoms. The molecule has 0 aromatic rings. The smallest absolute Gasteiger partial charge is 0.462 e. The molecule has 0 aliphatic rings. The topological polar surface area (TPSA) is 237 Å². The highest BCUT2D eigenvalue weighted by Crippen LogP contribution is 2.45. The van der Waals surface area contributed by atoms with Crippen molar-refractivity contribution in [1.29, 1.82) is 0 Å². The highest BCUT2D eigenvalue weighted by Gasteiger charge is 2.30. The van der Waals surface area contributed by atoms with Crippen molar-refractivity contribution in [3.05, 3.63) is 85.1 Å². The first-order chi connectivity index (χ1) is 48.7. The number of carbonyl (C=O) groups excluding carboxylic acids is 4. The Balaban J connectivity index is 5.34. The average molecular weight is 1450 g/mol. The van der Waals surface area contributed by atoms with Crippen LogP contribution in [-0.2, 0) is 65.4 Å². The molecule has 3 N–H and O–H groups in total. The molecule has 0 aromatic carbocycles. The van der Waals surface area contributed by atoms with E-state index in [-0.39, 0.29) is 25.7 Å². The summed E-state index contributed by atoms with van der Waals surface area (Å²) in [5.74, 6) is -2.19. The van der Waals surface area contributed by atoms with Gasteiger partial charge in [-0.2, -0.15) is 0 Å². The molecule has 5 unspecified atom stereocenters. The summed E-state index contributed by atoms with van der Waals surface area (Å²) in [6.45, 7) is 4.70. The first-order valence-corrected chi connectivity index (χ1v) is 42.8. The monoisotopic (exact) mass is 1450 g/mol. The quantitative estimate of drug-likeness (QED) is 0.0169. The third kappa shape index (κ3) is 72.6. The van der Waals surface area contributed by atoms with E-state index in [9.17, 15) is 43.2 Å². The van der Waals surface area contributed by atoms with Gasteiger partial charge in [0.15, 0.2) is 12.2 Å². The molecule has 580 valence electrons. The number of allylic oxidation sites excluding steroid dienone is 14. The second-order valence-electron chi connectivity index (χ2n) is 26.6. The fraction of sp³-hybridized carbons (Fsp3) is 0.778. The molecule has 0 amide bonds. The summed E-state index contributed by atoms with van der Waals surface area (Å²) < 4.78 is 68.6. The van der Waals surface area contributed by atoms with E-state index in [0.717, 1.165) is 180 Å². The Kier molecular flexibility index (Phi) is 70.8. The van der Waals surface area contributed by atoms with E-state index in [4.69, 9.17) is 37.0 Å². The minimum atomic E-state index is -4.98. The van der Waals surface area contributed by atoms with Gasteiger partial charge in [0, 0.05) is 25.7 Å². The number of phosphoric acid groups is 2. The molecular formula is C81H144O17P2. The molecular weight excluding hydrogens is 1310 g/mol. The van der Waals surface area contributed by atoms with Crippen LogP contribution >= 0.6 is 15.6 Å². The van der Waals surface area contributed by atoms with Crippen LogP contribution in [0.3, 0.4) is 0 Å². The summed E-state index contributed by atoms with van der Waals surface area (Å²) in [5, 5.41) is 10.6. The summed E-state index contributed by atoms with van der Waals surface area (Å²) in [6, 6.07) is 0.